The topological polar surface area (TPSA) is 31.4 Å². The standard InChI is InChI=1S/C10H12ClNO2/c1-10(13-5-2-6-14-10)8-3-4-9(11)12-7-8/h3-4,7H,2,5-6H2,1H3. The number of halogens is 1. The van der Waals surface area contributed by atoms with Gasteiger partial charge in [0.1, 0.15) is 5.15 Å². The molecule has 0 spiro atoms. The zero-order valence-corrected chi connectivity index (χ0v) is 8.75. The second-order valence-corrected chi connectivity index (χ2v) is 3.75. The Morgan fingerprint density at radius 2 is 2.07 bits per heavy atom. The van der Waals surface area contributed by atoms with Crippen LogP contribution in [0.2, 0.25) is 5.15 Å². The minimum atomic E-state index is -0.657. The summed E-state index contributed by atoms with van der Waals surface area (Å²) in [6.45, 7) is 3.34. The van der Waals surface area contributed by atoms with E-state index in [-0.39, 0.29) is 0 Å². The molecule has 1 fully saturated rings. The predicted molar refractivity (Wildman–Crippen MR) is 53.1 cm³/mol. The van der Waals surface area contributed by atoms with Crippen molar-refractivity contribution in [2.75, 3.05) is 13.2 Å². The summed E-state index contributed by atoms with van der Waals surface area (Å²) >= 11 is 5.70. The van der Waals surface area contributed by atoms with Gasteiger partial charge in [0.25, 0.3) is 0 Å². The average molecular weight is 214 g/mol. The van der Waals surface area contributed by atoms with E-state index in [9.17, 15) is 0 Å². The fraction of sp³-hybridized carbons (Fsp3) is 0.500. The first-order valence-corrected chi connectivity index (χ1v) is 4.98. The van der Waals surface area contributed by atoms with Gasteiger partial charge >= 0.3 is 0 Å². The first kappa shape index (κ1) is 9.90. The molecule has 1 aliphatic rings. The smallest absolute Gasteiger partial charge is 0.193 e. The van der Waals surface area contributed by atoms with Crippen LogP contribution in [0.4, 0.5) is 0 Å². The van der Waals surface area contributed by atoms with Crippen LogP contribution in [-0.2, 0) is 15.3 Å². The summed E-state index contributed by atoms with van der Waals surface area (Å²) in [5, 5.41) is 0.480. The highest BCUT2D eigenvalue weighted by molar-refractivity contribution is 6.29. The van der Waals surface area contributed by atoms with Gasteiger partial charge in [-0.25, -0.2) is 4.98 Å². The lowest BCUT2D eigenvalue weighted by Crippen LogP contribution is -2.34. The molecule has 0 amide bonds. The summed E-state index contributed by atoms with van der Waals surface area (Å²) < 4.78 is 11.2. The summed E-state index contributed by atoms with van der Waals surface area (Å²) in [5.41, 5.74) is 0.904. The van der Waals surface area contributed by atoms with E-state index < -0.39 is 5.79 Å². The predicted octanol–water partition coefficient (Wildman–Crippen LogP) is 2.34. The summed E-state index contributed by atoms with van der Waals surface area (Å²) in [4.78, 5) is 4.00. The van der Waals surface area contributed by atoms with Crippen LogP contribution in [0.15, 0.2) is 18.3 Å². The highest BCUT2D eigenvalue weighted by atomic mass is 35.5. The number of hydrogen-bond donors (Lipinski definition) is 0. The van der Waals surface area contributed by atoms with E-state index >= 15 is 0 Å². The quantitative estimate of drug-likeness (QED) is 0.671. The lowest BCUT2D eigenvalue weighted by Gasteiger charge is -2.33. The number of pyridine rings is 1. The minimum Gasteiger partial charge on any atom is -0.346 e. The molecule has 2 rings (SSSR count). The molecular weight excluding hydrogens is 202 g/mol. The highest BCUT2D eigenvalue weighted by Gasteiger charge is 2.31. The lowest BCUT2D eigenvalue weighted by molar-refractivity contribution is -0.265. The molecule has 3 nitrogen and oxygen atoms in total. The van der Waals surface area contributed by atoms with E-state index in [1.165, 1.54) is 0 Å². The summed E-state index contributed by atoms with van der Waals surface area (Å²) in [7, 11) is 0. The van der Waals surface area contributed by atoms with Gasteiger partial charge < -0.3 is 9.47 Å². The molecule has 0 bridgehead atoms. The number of ether oxygens (including phenoxy) is 2. The van der Waals surface area contributed by atoms with Gasteiger partial charge in [-0.3, -0.25) is 0 Å². The Balaban J connectivity index is 2.23. The number of nitrogens with zero attached hydrogens (tertiary/aromatic N) is 1. The Labute approximate surface area is 88.0 Å². The van der Waals surface area contributed by atoms with Crippen molar-refractivity contribution in [3.05, 3.63) is 29.0 Å². The molecule has 0 aliphatic carbocycles. The normalized spacial score (nSPS) is 20.7. The Kier molecular flexibility index (Phi) is 2.72. The van der Waals surface area contributed by atoms with E-state index in [1.54, 1.807) is 12.3 Å². The van der Waals surface area contributed by atoms with Crippen molar-refractivity contribution in [3.63, 3.8) is 0 Å². The van der Waals surface area contributed by atoms with E-state index in [4.69, 9.17) is 21.1 Å². The molecule has 1 aromatic heterocycles. The first-order valence-electron chi connectivity index (χ1n) is 4.61. The maximum Gasteiger partial charge on any atom is 0.193 e. The maximum atomic E-state index is 5.70. The van der Waals surface area contributed by atoms with Gasteiger partial charge in [-0.05, 0) is 25.5 Å². The van der Waals surface area contributed by atoms with Gasteiger partial charge in [-0.15, -0.1) is 0 Å². The molecule has 2 heterocycles. The van der Waals surface area contributed by atoms with Crippen molar-refractivity contribution < 1.29 is 9.47 Å². The van der Waals surface area contributed by atoms with Crippen LogP contribution in [-0.4, -0.2) is 18.2 Å². The summed E-state index contributed by atoms with van der Waals surface area (Å²) in [5.74, 6) is -0.657. The zero-order valence-electron chi connectivity index (χ0n) is 8.00. The molecule has 0 saturated carbocycles. The fourth-order valence-electron chi connectivity index (χ4n) is 1.45. The van der Waals surface area contributed by atoms with Crippen molar-refractivity contribution >= 4 is 11.6 Å². The van der Waals surface area contributed by atoms with Crippen molar-refractivity contribution in [1.29, 1.82) is 0 Å². The molecule has 0 N–H and O–H groups in total. The third kappa shape index (κ3) is 1.90. The third-order valence-electron chi connectivity index (χ3n) is 2.30. The van der Waals surface area contributed by atoms with Gasteiger partial charge in [0.05, 0.1) is 13.2 Å². The molecule has 4 heteroatoms. The summed E-state index contributed by atoms with van der Waals surface area (Å²) in [6.07, 6.45) is 2.63. The van der Waals surface area contributed by atoms with E-state index in [1.807, 2.05) is 13.0 Å². The van der Waals surface area contributed by atoms with E-state index in [2.05, 4.69) is 4.98 Å². The van der Waals surface area contributed by atoms with Gasteiger partial charge in [0.2, 0.25) is 0 Å². The van der Waals surface area contributed by atoms with Crippen LogP contribution in [0.25, 0.3) is 0 Å². The highest BCUT2D eigenvalue weighted by Crippen LogP contribution is 2.29. The number of rotatable bonds is 1. The van der Waals surface area contributed by atoms with E-state index in [0.717, 1.165) is 25.2 Å². The molecule has 0 atom stereocenters. The first-order chi connectivity index (χ1) is 6.71. The molecule has 1 saturated heterocycles. The number of hydrogen-bond acceptors (Lipinski definition) is 3. The zero-order chi connectivity index (χ0) is 10.0. The van der Waals surface area contributed by atoms with Gasteiger partial charge in [0.15, 0.2) is 5.79 Å². The molecule has 0 unspecified atom stereocenters. The Bertz CT molecular complexity index is 306. The summed E-state index contributed by atoms with van der Waals surface area (Å²) in [6, 6.07) is 3.62. The Morgan fingerprint density at radius 1 is 1.36 bits per heavy atom. The third-order valence-corrected chi connectivity index (χ3v) is 2.52. The molecule has 0 aromatic carbocycles. The van der Waals surface area contributed by atoms with Crippen molar-refractivity contribution in [2.24, 2.45) is 0 Å². The molecule has 14 heavy (non-hydrogen) atoms. The molecule has 1 aromatic rings. The number of aromatic nitrogens is 1. The second-order valence-electron chi connectivity index (χ2n) is 3.37. The molecule has 0 radical (unpaired) electrons. The monoisotopic (exact) mass is 213 g/mol. The van der Waals surface area contributed by atoms with Crippen LogP contribution < -0.4 is 0 Å². The molecule has 1 aliphatic heterocycles. The van der Waals surface area contributed by atoms with E-state index in [0.29, 0.717) is 5.15 Å². The van der Waals surface area contributed by atoms with Crippen molar-refractivity contribution in [1.82, 2.24) is 4.98 Å². The largest absolute Gasteiger partial charge is 0.346 e. The Morgan fingerprint density at radius 3 is 2.64 bits per heavy atom. The van der Waals surface area contributed by atoms with Crippen LogP contribution in [0.5, 0.6) is 0 Å². The minimum absolute atomic E-state index is 0.480. The SMILES string of the molecule is CC1(c2ccc(Cl)nc2)OCCCO1. The van der Waals surface area contributed by atoms with Gasteiger partial charge in [0, 0.05) is 11.8 Å². The van der Waals surface area contributed by atoms with Gasteiger partial charge in [-0.1, -0.05) is 11.6 Å². The van der Waals surface area contributed by atoms with Crippen LogP contribution in [0.3, 0.4) is 0 Å². The molecular formula is C10H12ClNO2. The van der Waals surface area contributed by atoms with Crippen molar-refractivity contribution in [3.8, 4) is 0 Å². The molecule has 76 valence electrons. The lowest BCUT2D eigenvalue weighted by atomic mass is 10.1. The second kappa shape index (κ2) is 3.85. The van der Waals surface area contributed by atoms with Crippen molar-refractivity contribution in [2.45, 2.75) is 19.1 Å². The Hall–Kier alpha value is -0.640. The van der Waals surface area contributed by atoms with Gasteiger partial charge in [-0.2, -0.15) is 0 Å². The van der Waals surface area contributed by atoms with Crippen LogP contribution in [0.1, 0.15) is 18.9 Å². The average Bonchev–Trinajstić information content (AvgIpc) is 2.19. The van der Waals surface area contributed by atoms with Crippen LogP contribution >= 0.6 is 11.6 Å². The van der Waals surface area contributed by atoms with Crippen LogP contribution in [0, 0.1) is 0 Å². The fourth-order valence-corrected chi connectivity index (χ4v) is 1.56. The maximum absolute atomic E-state index is 5.70.